The number of hydrogen-bond acceptors (Lipinski definition) is 5. The van der Waals surface area contributed by atoms with Crippen molar-refractivity contribution in [1.29, 1.82) is 5.26 Å². The van der Waals surface area contributed by atoms with Gasteiger partial charge in [0.1, 0.15) is 24.5 Å². The highest BCUT2D eigenvalue weighted by Crippen LogP contribution is 2.16. The molecule has 0 bridgehead atoms. The van der Waals surface area contributed by atoms with Crippen LogP contribution in [0.1, 0.15) is 18.4 Å². The fourth-order valence-corrected chi connectivity index (χ4v) is 2.19. The van der Waals surface area contributed by atoms with E-state index in [0.29, 0.717) is 17.9 Å². The minimum Gasteiger partial charge on any atom is -0.489 e. The second-order valence-electron chi connectivity index (χ2n) is 4.48. The van der Waals surface area contributed by atoms with E-state index in [1.807, 2.05) is 17.8 Å². The second kappa shape index (κ2) is 10.6. The summed E-state index contributed by atoms with van der Waals surface area (Å²) in [6.07, 6.45) is 3.84. The quantitative estimate of drug-likeness (QED) is 0.646. The van der Waals surface area contributed by atoms with E-state index >= 15 is 0 Å². The number of ether oxygens (including phenoxy) is 1. The molecular weight excluding hydrogens is 272 g/mol. The number of nitrogens with one attached hydrogen (secondary N) is 1. The molecule has 0 saturated heterocycles. The third kappa shape index (κ3) is 6.80. The summed E-state index contributed by atoms with van der Waals surface area (Å²) >= 11 is 1.85. The summed E-state index contributed by atoms with van der Waals surface area (Å²) in [6, 6.07) is 9.11. The van der Waals surface area contributed by atoms with E-state index in [9.17, 15) is 5.11 Å². The van der Waals surface area contributed by atoms with E-state index < -0.39 is 6.10 Å². The first kappa shape index (κ1) is 16.8. The first-order valence-electron chi connectivity index (χ1n) is 6.77. The Labute approximate surface area is 125 Å². The zero-order valence-corrected chi connectivity index (χ0v) is 12.7. The predicted octanol–water partition coefficient (Wildman–Crippen LogP) is 2.03. The molecule has 2 N–H and O–H groups in total. The molecular formula is C15H22N2O2S. The highest BCUT2D eigenvalue weighted by atomic mass is 32.2. The number of benzene rings is 1. The average Bonchev–Trinajstić information content (AvgIpc) is 2.49. The van der Waals surface area contributed by atoms with Crippen LogP contribution >= 0.6 is 11.8 Å². The summed E-state index contributed by atoms with van der Waals surface area (Å²) in [5, 5.41) is 21.9. The molecule has 0 aliphatic carbocycles. The normalized spacial score (nSPS) is 11.8. The molecule has 110 valence electrons. The molecule has 5 heteroatoms. The molecule has 0 heterocycles. The molecule has 1 rings (SSSR count). The minimum absolute atomic E-state index is 0.191. The molecule has 0 spiro atoms. The maximum absolute atomic E-state index is 9.80. The summed E-state index contributed by atoms with van der Waals surface area (Å²) in [7, 11) is 0. The Morgan fingerprint density at radius 1 is 1.40 bits per heavy atom. The van der Waals surface area contributed by atoms with Crippen LogP contribution in [0.25, 0.3) is 0 Å². The van der Waals surface area contributed by atoms with Crippen LogP contribution in [0, 0.1) is 11.3 Å². The van der Waals surface area contributed by atoms with Gasteiger partial charge in [0.2, 0.25) is 0 Å². The molecule has 1 aromatic rings. The molecule has 0 aliphatic heterocycles. The number of para-hydroxylation sites is 1. The first-order chi connectivity index (χ1) is 9.77. The number of unbranched alkanes of at least 4 members (excludes halogenated alkanes) is 1. The van der Waals surface area contributed by atoms with Crippen LogP contribution in [-0.2, 0) is 0 Å². The second-order valence-corrected chi connectivity index (χ2v) is 5.46. The lowest BCUT2D eigenvalue weighted by Gasteiger charge is -2.13. The summed E-state index contributed by atoms with van der Waals surface area (Å²) < 4.78 is 5.47. The van der Waals surface area contributed by atoms with Gasteiger partial charge in [-0.3, -0.25) is 0 Å². The molecule has 0 fully saturated rings. The van der Waals surface area contributed by atoms with Gasteiger partial charge in [-0.2, -0.15) is 17.0 Å². The molecule has 0 radical (unpaired) electrons. The topological polar surface area (TPSA) is 65.3 Å². The van der Waals surface area contributed by atoms with Gasteiger partial charge in [-0.1, -0.05) is 12.1 Å². The smallest absolute Gasteiger partial charge is 0.137 e. The summed E-state index contributed by atoms with van der Waals surface area (Å²) in [5.74, 6) is 1.70. The highest BCUT2D eigenvalue weighted by molar-refractivity contribution is 7.98. The Hall–Kier alpha value is -1.22. The van der Waals surface area contributed by atoms with Crippen molar-refractivity contribution in [2.75, 3.05) is 31.7 Å². The van der Waals surface area contributed by atoms with E-state index in [2.05, 4.69) is 17.6 Å². The molecule has 0 aromatic heterocycles. The largest absolute Gasteiger partial charge is 0.489 e. The predicted molar refractivity (Wildman–Crippen MR) is 83.1 cm³/mol. The van der Waals surface area contributed by atoms with Crippen LogP contribution in [0.4, 0.5) is 0 Å². The van der Waals surface area contributed by atoms with Crippen LogP contribution in [0.15, 0.2) is 24.3 Å². The van der Waals surface area contributed by atoms with Gasteiger partial charge in [-0.25, -0.2) is 0 Å². The number of aliphatic hydroxyl groups is 1. The lowest BCUT2D eigenvalue weighted by atomic mass is 10.2. The Morgan fingerprint density at radius 2 is 2.20 bits per heavy atom. The summed E-state index contributed by atoms with van der Waals surface area (Å²) in [5.41, 5.74) is 0.490. The number of thioether (sulfide) groups is 1. The Bertz CT molecular complexity index is 421. The summed E-state index contributed by atoms with van der Waals surface area (Å²) in [4.78, 5) is 0. The van der Waals surface area contributed by atoms with Crippen molar-refractivity contribution in [3.05, 3.63) is 29.8 Å². The van der Waals surface area contributed by atoms with Gasteiger partial charge < -0.3 is 15.2 Å². The fourth-order valence-electron chi connectivity index (χ4n) is 1.69. The maximum Gasteiger partial charge on any atom is 0.137 e. The third-order valence-corrected chi connectivity index (χ3v) is 3.47. The van der Waals surface area contributed by atoms with Gasteiger partial charge in [0, 0.05) is 6.54 Å². The van der Waals surface area contributed by atoms with Gasteiger partial charge in [0.15, 0.2) is 0 Å². The number of aliphatic hydroxyl groups excluding tert-OH is 1. The van der Waals surface area contributed by atoms with Crippen molar-refractivity contribution < 1.29 is 9.84 Å². The van der Waals surface area contributed by atoms with Crippen LogP contribution in [-0.4, -0.2) is 42.9 Å². The van der Waals surface area contributed by atoms with Gasteiger partial charge in [0.05, 0.1) is 5.56 Å². The lowest BCUT2D eigenvalue weighted by Crippen LogP contribution is -2.32. The van der Waals surface area contributed by atoms with Crippen LogP contribution in [0.5, 0.6) is 5.75 Å². The molecule has 1 aromatic carbocycles. The van der Waals surface area contributed by atoms with Crippen LogP contribution < -0.4 is 10.1 Å². The van der Waals surface area contributed by atoms with Crippen molar-refractivity contribution in [2.24, 2.45) is 0 Å². The number of nitrogens with zero attached hydrogens (tertiary/aromatic N) is 1. The Morgan fingerprint density at radius 3 is 2.95 bits per heavy atom. The van der Waals surface area contributed by atoms with Gasteiger partial charge >= 0.3 is 0 Å². The average molecular weight is 294 g/mol. The van der Waals surface area contributed by atoms with E-state index in [4.69, 9.17) is 10.00 Å². The molecule has 0 amide bonds. The van der Waals surface area contributed by atoms with E-state index in [1.165, 1.54) is 12.2 Å². The van der Waals surface area contributed by atoms with E-state index in [-0.39, 0.29) is 6.61 Å². The zero-order chi connectivity index (χ0) is 14.6. The van der Waals surface area contributed by atoms with Crippen molar-refractivity contribution in [3.8, 4) is 11.8 Å². The first-order valence-corrected chi connectivity index (χ1v) is 8.17. The number of nitriles is 1. The highest BCUT2D eigenvalue weighted by Gasteiger charge is 2.07. The Kier molecular flexibility index (Phi) is 8.88. The van der Waals surface area contributed by atoms with Crippen LogP contribution in [0.3, 0.4) is 0 Å². The fraction of sp³-hybridized carbons (Fsp3) is 0.533. The molecule has 1 atom stereocenters. The van der Waals surface area contributed by atoms with Crippen LogP contribution in [0.2, 0.25) is 0 Å². The number of hydrogen-bond donors (Lipinski definition) is 2. The standard InChI is InChI=1S/C15H22N2O2S/c1-20-9-5-4-8-17-11-14(18)12-19-15-7-3-2-6-13(15)10-16/h2-3,6-7,14,17-18H,4-5,8-9,11-12H2,1H3. The summed E-state index contributed by atoms with van der Waals surface area (Å²) in [6.45, 7) is 1.61. The van der Waals surface area contributed by atoms with Gasteiger partial charge in [0.25, 0.3) is 0 Å². The van der Waals surface area contributed by atoms with Gasteiger partial charge in [-0.05, 0) is 43.5 Å². The third-order valence-electron chi connectivity index (χ3n) is 2.77. The van der Waals surface area contributed by atoms with Gasteiger partial charge in [-0.15, -0.1) is 0 Å². The van der Waals surface area contributed by atoms with Crippen molar-refractivity contribution in [3.63, 3.8) is 0 Å². The lowest BCUT2D eigenvalue weighted by molar-refractivity contribution is 0.106. The van der Waals surface area contributed by atoms with Crippen molar-refractivity contribution >= 4 is 11.8 Å². The van der Waals surface area contributed by atoms with E-state index in [1.54, 1.807) is 18.2 Å². The van der Waals surface area contributed by atoms with E-state index in [0.717, 1.165) is 13.0 Å². The Balaban J connectivity index is 2.17. The molecule has 0 aliphatic rings. The zero-order valence-electron chi connectivity index (χ0n) is 11.8. The molecule has 20 heavy (non-hydrogen) atoms. The number of rotatable bonds is 10. The van der Waals surface area contributed by atoms with Crippen molar-refractivity contribution in [1.82, 2.24) is 5.32 Å². The van der Waals surface area contributed by atoms with Crippen molar-refractivity contribution in [2.45, 2.75) is 18.9 Å². The molecule has 1 unspecified atom stereocenters. The molecule has 0 saturated carbocycles. The molecule has 4 nitrogen and oxygen atoms in total. The maximum atomic E-state index is 9.80. The monoisotopic (exact) mass is 294 g/mol. The minimum atomic E-state index is -0.567. The SMILES string of the molecule is CSCCCCNCC(O)COc1ccccc1C#N.